The standard InChI is InChI=1S/C17H20N4O4/c1-2-25-17(24)11-4-3-7-21(9-11)16(23)15(22)20-12-5-6-13-14(8-12)19-10-18-13/h5-6,8,10-11H,2-4,7,9H2,1H3,(H,18,19)(H,20,22). The van der Waals surface area contributed by atoms with Crippen LogP contribution in [-0.4, -0.2) is 52.3 Å². The molecule has 0 saturated carbocycles. The molecule has 1 aliphatic heterocycles. The molecule has 1 aromatic heterocycles. The van der Waals surface area contributed by atoms with Gasteiger partial charge in [-0.25, -0.2) is 4.98 Å². The number of fused-ring (bicyclic) bond motifs is 1. The minimum absolute atomic E-state index is 0.213. The average Bonchev–Trinajstić information content (AvgIpc) is 3.09. The lowest BCUT2D eigenvalue weighted by Gasteiger charge is -2.30. The maximum atomic E-state index is 12.4. The van der Waals surface area contributed by atoms with Crippen LogP contribution in [0.4, 0.5) is 5.69 Å². The summed E-state index contributed by atoms with van der Waals surface area (Å²) in [5, 5.41) is 2.60. The Labute approximate surface area is 144 Å². The Morgan fingerprint density at radius 1 is 1.40 bits per heavy atom. The Morgan fingerprint density at radius 2 is 2.24 bits per heavy atom. The van der Waals surface area contributed by atoms with E-state index >= 15 is 0 Å². The number of nitrogens with one attached hydrogen (secondary N) is 2. The lowest BCUT2D eigenvalue weighted by molar-refractivity contribution is -0.153. The zero-order valence-corrected chi connectivity index (χ0v) is 13.9. The van der Waals surface area contributed by atoms with Crippen LogP contribution in [-0.2, 0) is 19.1 Å². The van der Waals surface area contributed by atoms with Crippen molar-refractivity contribution in [2.75, 3.05) is 25.0 Å². The molecule has 132 valence electrons. The molecule has 1 saturated heterocycles. The molecule has 25 heavy (non-hydrogen) atoms. The number of carbonyl (C=O) groups excluding carboxylic acids is 3. The summed E-state index contributed by atoms with van der Waals surface area (Å²) < 4.78 is 5.01. The van der Waals surface area contributed by atoms with Crippen molar-refractivity contribution in [1.82, 2.24) is 14.9 Å². The van der Waals surface area contributed by atoms with Gasteiger partial charge >= 0.3 is 17.8 Å². The van der Waals surface area contributed by atoms with Gasteiger partial charge in [-0.15, -0.1) is 0 Å². The van der Waals surface area contributed by atoms with Crippen LogP contribution in [0.15, 0.2) is 24.5 Å². The predicted molar refractivity (Wildman–Crippen MR) is 90.7 cm³/mol. The van der Waals surface area contributed by atoms with Gasteiger partial charge in [0.25, 0.3) is 0 Å². The van der Waals surface area contributed by atoms with Crippen molar-refractivity contribution in [2.24, 2.45) is 5.92 Å². The summed E-state index contributed by atoms with van der Waals surface area (Å²) in [6.07, 6.45) is 2.90. The van der Waals surface area contributed by atoms with Crippen molar-refractivity contribution < 1.29 is 19.1 Å². The Morgan fingerprint density at radius 3 is 3.04 bits per heavy atom. The number of aromatic nitrogens is 2. The van der Waals surface area contributed by atoms with E-state index in [0.29, 0.717) is 31.7 Å². The van der Waals surface area contributed by atoms with Crippen LogP contribution in [0.2, 0.25) is 0 Å². The van der Waals surface area contributed by atoms with Gasteiger partial charge in [0.05, 0.1) is 29.9 Å². The molecule has 1 atom stereocenters. The zero-order valence-electron chi connectivity index (χ0n) is 13.9. The number of ether oxygens (including phenoxy) is 1. The quantitative estimate of drug-likeness (QED) is 0.645. The fourth-order valence-corrected chi connectivity index (χ4v) is 2.96. The van der Waals surface area contributed by atoms with Gasteiger partial charge in [-0.3, -0.25) is 14.4 Å². The largest absolute Gasteiger partial charge is 0.466 e. The van der Waals surface area contributed by atoms with Crippen LogP contribution < -0.4 is 5.32 Å². The van der Waals surface area contributed by atoms with Gasteiger partial charge < -0.3 is 19.9 Å². The van der Waals surface area contributed by atoms with Crippen molar-refractivity contribution in [3.05, 3.63) is 24.5 Å². The normalized spacial score (nSPS) is 17.3. The van der Waals surface area contributed by atoms with Crippen molar-refractivity contribution in [3.8, 4) is 0 Å². The van der Waals surface area contributed by atoms with Gasteiger partial charge in [0.1, 0.15) is 0 Å². The molecule has 8 nitrogen and oxygen atoms in total. The lowest BCUT2D eigenvalue weighted by Crippen LogP contribution is -2.47. The van der Waals surface area contributed by atoms with Gasteiger partial charge in [-0.2, -0.15) is 0 Å². The topological polar surface area (TPSA) is 104 Å². The first-order chi connectivity index (χ1) is 12.1. The monoisotopic (exact) mass is 344 g/mol. The van der Waals surface area contributed by atoms with E-state index in [1.807, 2.05) is 0 Å². The van der Waals surface area contributed by atoms with Crippen molar-refractivity contribution in [2.45, 2.75) is 19.8 Å². The van der Waals surface area contributed by atoms with Gasteiger partial charge in [-0.1, -0.05) is 0 Å². The minimum atomic E-state index is -0.719. The molecule has 2 heterocycles. The van der Waals surface area contributed by atoms with E-state index in [-0.39, 0.29) is 18.4 Å². The van der Waals surface area contributed by atoms with Gasteiger partial charge in [0, 0.05) is 18.8 Å². The van der Waals surface area contributed by atoms with Crippen molar-refractivity contribution in [1.29, 1.82) is 0 Å². The van der Waals surface area contributed by atoms with Gasteiger partial charge in [0.15, 0.2) is 0 Å². The lowest BCUT2D eigenvalue weighted by atomic mass is 9.98. The summed E-state index contributed by atoms with van der Waals surface area (Å²) in [6, 6.07) is 5.15. The molecular weight excluding hydrogens is 324 g/mol. The van der Waals surface area contributed by atoms with Crippen molar-refractivity contribution in [3.63, 3.8) is 0 Å². The number of nitrogens with zero attached hydrogens (tertiary/aromatic N) is 2. The summed E-state index contributed by atoms with van der Waals surface area (Å²) in [6.45, 7) is 2.72. The molecule has 1 fully saturated rings. The summed E-state index contributed by atoms with van der Waals surface area (Å²) in [5.74, 6) is -2.04. The highest BCUT2D eigenvalue weighted by molar-refractivity contribution is 6.39. The van der Waals surface area contributed by atoms with Crippen LogP contribution in [0, 0.1) is 5.92 Å². The summed E-state index contributed by atoms with van der Waals surface area (Å²) in [5.41, 5.74) is 2.05. The van der Waals surface area contributed by atoms with Crippen molar-refractivity contribution >= 4 is 34.5 Å². The second-order valence-corrected chi connectivity index (χ2v) is 5.93. The SMILES string of the molecule is CCOC(=O)C1CCCN(C(=O)C(=O)Nc2ccc3nc[nH]c3c2)C1. The van der Waals surface area contributed by atoms with Gasteiger partial charge in [-0.05, 0) is 38.0 Å². The first kappa shape index (κ1) is 16.9. The average molecular weight is 344 g/mol. The second kappa shape index (κ2) is 7.33. The number of imidazole rings is 1. The van der Waals surface area contributed by atoms with Crippen LogP contribution >= 0.6 is 0 Å². The molecule has 2 amide bonds. The van der Waals surface area contributed by atoms with Crippen LogP contribution in [0.1, 0.15) is 19.8 Å². The fraction of sp³-hybridized carbons (Fsp3) is 0.412. The molecule has 0 bridgehead atoms. The molecule has 2 N–H and O–H groups in total. The van der Waals surface area contributed by atoms with Crippen LogP contribution in [0.5, 0.6) is 0 Å². The zero-order chi connectivity index (χ0) is 17.8. The highest BCUT2D eigenvalue weighted by atomic mass is 16.5. The Balaban J connectivity index is 1.63. The van der Waals surface area contributed by atoms with E-state index in [1.54, 1.807) is 31.5 Å². The van der Waals surface area contributed by atoms with Crippen LogP contribution in [0.25, 0.3) is 11.0 Å². The number of anilines is 1. The number of piperidine rings is 1. The molecule has 1 unspecified atom stereocenters. The van der Waals surface area contributed by atoms with E-state index in [4.69, 9.17) is 4.74 Å². The van der Waals surface area contributed by atoms with E-state index < -0.39 is 11.8 Å². The third kappa shape index (κ3) is 3.78. The summed E-state index contributed by atoms with van der Waals surface area (Å²) in [7, 11) is 0. The maximum Gasteiger partial charge on any atom is 0.313 e. The molecule has 0 radical (unpaired) electrons. The number of H-pyrrole nitrogens is 1. The number of carbonyl (C=O) groups is 3. The third-order valence-corrected chi connectivity index (χ3v) is 4.20. The summed E-state index contributed by atoms with van der Waals surface area (Å²) in [4.78, 5) is 44.9. The molecular formula is C17H20N4O4. The number of hydrogen-bond donors (Lipinski definition) is 2. The number of esters is 1. The highest BCUT2D eigenvalue weighted by Gasteiger charge is 2.32. The smallest absolute Gasteiger partial charge is 0.313 e. The Bertz CT molecular complexity index is 801. The number of rotatable bonds is 3. The molecule has 0 spiro atoms. The van der Waals surface area contributed by atoms with Gasteiger partial charge in [0.2, 0.25) is 0 Å². The number of likely N-dealkylation sites (tertiary alicyclic amines) is 1. The molecule has 8 heteroatoms. The van der Waals surface area contributed by atoms with E-state index in [9.17, 15) is 14.4 Å². The highest BCUT2D eigenvalue weighted by Crippen LogP contribution is 2.19. The Kier molecular flexibility index (Phi) is 4.97. The number of aromatic amines is 1. The molecule has 1 aliphatic rings. The van der Waals surface area contributed by atoms with E-state index in [0.717, 1.165) is 11.0 Å². The Hall–Kier alpha value is -2.90. The maximum absolute atomic E-state index is 12.4. The molecule has 1 aromatic carbocycles. The second-order valence-electron chi connectivity index (χ2n) is 5.93. The van der Waals surface area contributed by atoms with Crippen LogP contribution in [0.3, 0.4) is 0 Å². The number of benzene rings is 1. The third-order valence-electron chi connectivity index (χ3n) is 4.20. The first-order valence-electron chi connectivity index (χ1n) is 8.28. The minimum Gasteiger partial charge on any atom is -0.466 e. The van der Waals surface area contributed by atoms with E-state index in [2.05, 4.69) is 15.3 Å². The molecule has 3 rings (SSSR count). The molecule has 0 aliphatic carbocycles. The first-order valence-corrected chi connectivity index (χ1v) is 8.28. The number of amides is 2. The predicted octanol–water partition coefficient (Wildman–Crippen LogP) is 1.30. The summed E-state index contributed by atoms with van der Waals surface area (Å²) >= 11 is 0. The molecule has 2 aromatic rings. The van der Waals surface area contributed by atoms with E-state index in [1.165, 1.54) is 4.90 Å². The fourth-order valence-electron chi connectivity index (χ4n) is 2.96. The number of hydrogen-bond acceptors (Lipinski definition) is 5.